The van der Waals surface area contributed by atoms with Crippen molar-refractivity contribution in [1.29, 1.82) is 0 Å². The standard InChI is InChI=1S/C23H21N3O5S2/c1-25-20-13-8-16(14-21(20)32-23(25)28)24-22(27)15-26(17-6-4-3-5-7-17)33(29,30)19-11-9-18(31-2)10-12-19/h3-14H,15H2,1-2H3,(H,24,27). The lowest BCUT2D eigenvalue weighted by molar-refractivity contribution is -0.114. The number of hydrogen-bond donors (Lipinski definition) is 1. The molecular formula is C23H21N3O5S2. The lowest BCUT2D eigenvalue weighted by atomic mass is 10.3. The number of ether oxygens (including phenoxy) is 1. The summed E-state index contributed by atoms with van der Waals surface area (Å²) in [6, 6.07) is 19.5. The molecule has 0 radical (unpaired) electrons. The van der Waals surface area contributed by atoms with E-state index in [9.17, 15) is 18.0 Å². The zero-order chi connectivity index (χ0) is 23.6. The second-order valence-corrected chi connectivity index (χ2v) is 10.0. The summed E-state index contributed by atoms with van der Waals surface area (Å²) < 4.78 is 35.2. The molecule has 0 aliphatic carbocycles. The van der Waals surface area contributed by atoms with Crippen LogP contribution in [0.15, 0.2) is 82.5 Å². The Hall–Kier alpha value is -3.63. The van der Waals surface area contributed by atoms with E-state index in [-0.39, 0.29) is 9.77 Å². The number of methoxy groups -OCH3 is 1. The maximum absolute atomic E-state index is 13.4. The van der Waals surface area contributed by atoms with Crippen LogP contribution in [-0.2, 0) is 21.9 Å². The number of nitrogens with zero attached hydrogens (tertiary/aromatic N) is 2. The number of amides is 1. The highest BCUT2D eigenvalue weighted by Crippen LogP contribution is 2.26. The fourth-order valence-electron chi connectivity index (χ4n) is 3.33. The predicted molar refractivity (Wildman–Crippen MR) is 130 cm³/mol. The summed E-state index contributed by atoms with van der Waals surface area (Å²) in [5.74, 6) is 0.00938. The number of para-hydroxylation sites is 1. The molecule has 0 unspecified atom stereocenters. The molecule has 0 spiro atoms. The van der Waals surface area contributed by atoms with Crippen LogP contribution in [0.5, 0.6) is 5.75 Å². The van der Waals surface area contributed by atoms with E-state index >= 15 is 0 Å². The number of fused-ring (bicyclic) bond motifs is 1. The largest absolute Gasteiger partial charge is 0.497 e. The van der Waals surface area contributed by atoms with E-state index in [0.29, 0.717) is 17.1 Å². The Morgan fingerprint density at radius 3 is 2.42 bits per heavy atom. The van der Waals surface area contributed by atoms with Gasteiger partial charge in [0.25, 0.3) is 10.0 Å². The van der Waals surface area contributed by atoms with E-state index in [1.807, 2.05) is 0 Å². The fraction of sp³-hybridized carbons (Fsp3) is 0.130. The molecule has 1 aromatic heterocycles. The third kappa shape index (κ3) is 4.62. The van der Waals surface area contributed by atoms with E-state index in [4.69, 9.17) is 4.74 Å². The number of benzene rings is 3. The second kappa shape index (κ2) is 9.08. The Kier molecular flexibility index (Phi) is 6.21. The van der Waals surface area contributed by atoms with Crippen LogP contribution in [0.2, 0.25) is 0 Å². The Balaban J connectivity index is 1.62. The molecule has 0 aliphatic heterocycles. The zero-order valence-electron chi connectivity index (χ0n) is 17.9. The lowest BCUT2D eigenvalue weighted by Crippen LogP contribution is -2.38. The fourth-order valence-corrected chi connectivity index (χ4v) is 5.67. The molecule has 0 saturated carbocycles. The van der Waals surface area contributed by atoms with Crippen LogP contribution in [0.3, 0.4) is 0 Å². The monoisotopic (exact) mass is 483 g/mol. The lowest BCUT2D eigenvalue weighted by Gasteiger charge is -2.24. The molecule has 0 fully saturated rings. The van der Waals surface area contributed by atoms with Gasteiger partial charge < -0.3 is 14.6 Å². The van der Waals surface area contributed by atoms with Gasteiger partial charge >= 0.3 is 4.87 Å². The van der Waals surface area contributed by atoms with Gasteiger partial charge in [-0.1, -0.05) is 29.5 Å². The molecule has 33 heavy (non-hydrogen) atoms. The van der Waals surface area contributed by atoms with Gasteiger partial charge in [0.15, 0.2) is 0 Å². The molecule has 0 saturated heterocycles. The molecule has 3 aromatic carbocycles. The molecule has 1 heterocycles. The Labute approximate surface area is 194 Å². The van der Waals surface area contributed by atoms with Gasteiger partial charge in [0.2, 0.25) is 5.91 Å². The third-order valence-electron chi connectivity index (χ3n) is 5.05. The number of carbonyl (C=O) groups is 1. The summed E-state index contributed by atoms with van der Waals surface area (Å²) in [6.45, 7) is -0.429. The van der Waals surface area contributed by atoms with Crippen molar-refractivity contribution < 1.29 is 17.9 Å². The summed E-state index contributed by atoms with van der Waals surface area (Å²) in [6.07, 6.45) is 0. The number of thiazole rings is 1. The average molecular weight is 484 g/mol. The molecular weight excluding hydrogens is 462 g/mol. The van der Waals surface area contributed by atoms with Crippen molar-refractivity contribution in [2.75, 3.05) is 23.3 Å². The first-order valence-electron chi connectivity index (χ1n) is 9.91. The number of nitrogens with one attached hydrogen (secondary N) is 1. The predicted octanol–water partition coefficient (Wildman–Crippen LogP) is 3.44. The highest BCUT2D eigenvalue weighted by atomic mass is 32.2. The maximum atomic E-state index is 13.4. The molecule has 1 N–H and O–H groups in total. The molecule has 170 valence electrons. The number of anilines is 2. The Morgan fingerprint density at radius 1 is 1.06 bits per heavy atom. The first-order valence-corrected chi connectivity index (χ1v) is 12.2. The van der Waals surface area contributed by atoms with E-state index in [1.165, 1.54) is 23.8 Å². The average Bonchev–Trinajstić information content (AvgIpc) is 3.10. The topological polar surface area (TPSA) is 97.7 Å². The highest BCUT2D eigenvalue weighted by molar-refractivity contribution is 7.92. The van der Waals surface area contributed by atoms with E-state index in [2.05, 4.69) is 5.32 Å². The van der Waals surface area contributed by atoms with Crippen molar-refractivity contribution in [3.63, 3.8) is 0 Å². The number of aromatic nitrogens is 1. The minimum Gasteiger partial charge on any atom is -0.497 e. The quantitative estimate of drug-likeness (QED) is 0.434. The van der Waals surface area contributed by atoms with Crippen LogP contribution in [-0.4, -0.2) is 32.5 Å². The molecule has 10 heteroatoms. The van der Waals surface area contributed by atoms with E-state index in [1.54, 1.807) is 67.7 Å². The minimum atomic E-state index is -4.03. The summed E-state index contributed by atoms with van der Waals surface area (Å²) in [5, 5.41) is 2.74. The van der Waals surface area contributed by atoms with Gasteiger partial charge in [-0.25, -0.2) is 8.42 Å². The minimum absolute atomic E-state index is 0.0374. The summed E-state index contributed by atoms with van der Waals surface area (Å²) >= 11 is 1.07. The van der Waals surface area contributed by atoms with Gasteiger partial charge in [0.05, 0.1) is 27.9 Å². The van der Waals surface area contributed by atoms with Crippen molar-refractivity contribution in [2.45, 2.75) is 4.90 Å². The Bertz CT molecular complexity index is 1460. The first kappa shape index (κ1) is 22.6. The summed E-state index contributed by atoms with van der Waals surface area (Å²) in [4.78, 5) is 24.7. The normalized spacial score (nSPS) is 11.3. The Morgan fingerprint density at radius 2 is 1.76 bits per heavy atom. The van der Waals surface area contributed by atoms with Gasteiger partial charge in [-0.15, -0.1) is 0 Å². The molecule has 4 aromatic rings. The van der Waals surface area contributed by atoms with Gasteiger partial charge in [0.1, 0.15) is 12.3 Å². The van der Waals surface area contributed by atoms with Crippen LogP contribution >= 0.6 is 11.3 Å². The molecule has 0 bridgehead atoms. The van der Waals surface area contributed by atoms with Gasteiger partial charge in [0, 0.05) is 12.7 Å². The molecule has 0 atom stereocenters. The molecule has 8 nitrogen and oxygen atoms in total. The van der Waals surface area contributed by atoms with Crippen molar-refractivity contribution in [3.8, 4) is 5.75 Å². The van der Waals surface area contributed by atoms with Crippen LogP contribution in [0.4, 0.5) is 11.4 Å². The van der Waals surface area contributed by atoms with Gasteiger partial charge in [-0.2, -0.15) is 0 Å². The van der Waals surface area contributed by atoms with E-state index < -0.39 is 22.5 Å². The van der Waals surface area contributed by atoms with Crippen molar-refractivity contribution in [2.24, 2.45) is 7.05 Å². The number of carbonyl (C=O) groups excluding carboxylic acids is 1. The number of sulfonamides is 1. The van der Waals surface area contributed by atoms with Crippen LogP contribution in [0.1, 0.15) is 0 Å². The smallest absolute Gasteiger partial charge is 0.307 e. The van der Waals surface area contributed by atoms with Crippen LogP contribution in [0.25, 0.3) is 10.2 Å². The first-order chi connectivity index (χ1) is 15.8. The molecule has 0 aliphatic rings. The van der Waals surface area contributed by atoms with Crippen LogP contribution in [0, 0.1) is 0 Å². The number of rotatable bonds is 7. The number of aryl methyl sites for hydroxylation is 1. The summed E-state index contributed by atoms with van der Waals surface area (Å²) in [5.41, 5.74) is 1.60. The van der Waals surface area contributed by atoms with Gasteiger partial charge in [-0.05, 0) is 54.6 Å². The zero-order valence-corrected chi connectivity index (χ0v) is 19.5. The third-order valence-corrected chi connectivity index (χ3v) is 7.84. The maximum Gasteiger partial charge on any atom is 0.307 e. The molecule has 1 amide bonds. The van der Waals surface area contributed by atoms with Crippen molar-refractivity contribution in [3.05, 3.63) is 82.5 Å². The highest BCUT2D eigenvalue weighted by Gasteiger charge is 2.27. The van der Waals surface area contributed by atoms with Gasteiger partial charge in [-0.3, -0.25) is 13.9 Å². The number of hydrogen-bond acceptors (Lipinski definition) is 6. The van der Waals surface area contributed by atoms with Crippen molar-refractivity contribution >= 4 is 48.9 Å². The SMILES string of the molecule is COc1ccc(S(=O)(=O)N(CC(=O)Nc2ccc3c(c2)sc(=O)n3C)c2ccccc2)cc1. The molecule has 4 rings (SSSR count). The van der Waals surface area contributed by atoms with Crippen LogP contribution < -0.4 is 19.2 Å². The van der Waals surface area contributed by atoms with Crippen molar-refractivity contribution in [1.82, 2.24) is 4.57 Å². The summed E-state index contributed by atoms with van der Waals surface area (Å²) in [7, 11) is -0.852. The van der Waals surface area contributed by atoms with E-state index in [0.717, 1.165) is 25.9 Å². The second-order valence-electron chi connectivity index (χ2n) is 7.18.